The third kappa shape index (κ3) is 4.04. The number of hydrogen-bond donors (Lipinski definition) is 3. The molecule has 6 heteroatoms. The van der Waals surface area contributed by atoms with Gasteiger partial charge in [-0.1, -0.05) is 0 Å². The molecule has 0 aliphatic heterocycles. The molecule has 0 aliphatic carbocycles. The Kier molecular flexibility index (Phi) is 4.65. The third-order valence-electron chi connectivity index (χ3n) is 2.43. The fourth-order valence-corrected chi connectivity index (χ4v) is 1.44. The van der Waals surface area contributed by atoms with Gasteiger partial charge in [-0.15, -0.1) is 0 Å². The first-order valence-electron chi connectivity index (χ1n) is 5.48. The van der Waals surface area contributed by atoms with Crippen LogP contribution in [-0.4, -0.2) is 23.0 Å². The average Bonchev–Trinajstić information content (AvgIpc) is 2.29. The molecule has 0 heterocycles. The van der Waals surface area contributed by atoms with Crippen LogP contribution in [0, 0.1) is 5.82 Å². The zero-order valence-corrected chi connectivity index (χ0v) is 9.94. The molecule has 5 nitrogen and oxygen atoms in total. The number of rotatable bonds is 5. The number of benzene rings is 1. The molecular weight excluding hydrogens is 239 g/mol. The van der Waals surface area contributed by atoms with Gasteiger partial charge in [0.1, 0.15) is 5.82 Å². The van der Waals surface area contributed by atoms with Crippen molar-refractivity contribution >= 4 is 17.6 Å². The van der Waals surface area contributed by atoms with Gasteiger partial charge in [-0.05, 0) is 31.5 Å². The Hall–Kier alpha value is -2.11. The lowest BCUT2D eigenvalue weighted by Crippen LogP contribution is -2.33. The lowest BCUT2D eigenvalue weighted by atomic mass is 10.1. The fraction of sp³-hybridized carbons (Fsp3) is 0.333. The van der Waals surface area contributed by atoms with Gasteiger partial charge in [0.25, 0.3) is 5.91 Å². The van der Waals surface area contributed by atoms with E-state index in [1.165, 1.54) is 12.1 Å². The Bertz CT molecular complexity index is 463. The van der Waals surface area contributed by atoms with Crippen LogP contribution in [0.3, 0.4) is 0 Å². The van der Waals surface area contributed by atoms with Crippen LogP contribution < -0.4 is 11.1 Å². The number of halogens is 1. The molecule has 0 radical (unpaired) electrons. The monoisotopic (exact) mass is 254 g/mol. The van der Waals surface area contributed by atoms with E-state index in [-0.39, 0.29) is 23.7 Å². The molecular formula is C12H15FN2O3. The molecule has 1 unspecified atom stereocenters. The van der Waals surface area contributed by atoms with Crippen molar-refractivity contribution < 1.29 is 19.1 Å². The first-order valence-corrected chi connectivity index (χ1v) is 5.48. The van der Waals surface area contributed by atoms with Crippen LogP contribution in [0.1, 0.15) is 30.1 Å². The number of hydrogen-bond acceptors (Lipinski definition) is 3. The zero-order chi connectivity index (χ0) is 13.7. The molecule has 1 aromatic rings. The molecule has 1 amide bonds. The van der Waals surface area contributed by atoms with E-state index in [0.717, 1.165) is 6.07 Å². The largest absolute Gasteiger partial charge is 0.481 e. The minimum atomic E-state index is -0.929. The standard InChI is InChI=1S/C12H15FN2O3/c1-7(2-5-11(16)17)15-12(18)9-6-8(13)3-4-10(9)14/h3-4,6-7H,2,5,14H2,1H3,(H,15,18)(H,16,17). The van der Waals surface area contributed by atoms with E-state index in [1.807, 2.05) is 0 Å². The van der Waals surface area contributed by atoms with Crippen LogP contribution in [0.25, 0.3) is 0 Å². The van der Waals surface area contributed by atoms with Crippen LogP contribution in [-0.2, 0) is 4.79 Å². The number of carbonyl (C=O) groups excluding carboxylic acids is 1. The second-order valence-electron chi connectivity index (χ2n) is 4.04. The second-order valence-corrected chi connectivity index (χ2v) is 4.04. The molecule has 0 saturated heterocycles. The van der Waals surface area contributed by atoms with Crippen molar-refractivity contribution in [3.05, 3.63) is 29.6 Å². The minimum Gasteiger partial charge on any atom is -0.481 e. The molecule has 1 atom stereocenters. The molecule has 0 aromatic heterocycles. The van der Waals surface area contributed by atoms with E-state index < -0.39 is 17.7 Å². The van der Waals surface area contributed by atoms with Gasteiger partial charge in [-0.3, -0.25) is 9.59 Å². The summed E-state index contributed by atoms with van der Waals surface area (Å²) in [4.78, 5) is 22.1. The topological polar surface area (TPSA) is 92.4 Å². The summed E-state index contributed by atoms with van der Waals surface area (Å²) in [5, 5.41) is 11.1. The highest BCUT2D eigenvalue weighted by Gasteiger charge is 2.14. The van der Waals surface area contributed by atoms with E-state index in [4.69, 9.17) is 10.8 Å². The molecule has 0 fully saturated rings. The highest BCUT2D eigenvalue weighted by atomic mass is 19.1. The van der Waals surface area contributed by atoms with Gasteiger partial charge >= 0.3 is 5.97 Å². The highest BCUT2D eigenvalue weighted by Crippen LogP contribution is 2.13. The number of carboxylic acids is 1. The van der Waals surface area contributed by atoms with Crippen molar-refractivity contribution in [1.82, 2.24) is 5.32 Å². The quantitative estimate of drug-likeness (QED) is 0.692. The number of nitrogens with two attached hydrogens (primary N) is 1. The third-order valence-corrected chi connectivity index (χ3v) is 2.43. The van der Waals surface area contributed by atoms with Crippen LogP contribution in [0.5, 0.6) is 0 Å². The highest BCUT2D eigenvalue weighted by molar-refractivity contribution is 5.99. The number of aliphatic carboxylic acids is 1. The number of nitrogens with one attached hydrogen (secondary N) is 1. The molecule has 0 saturated carbocycles. The van der Waals surface area contributed by atoms with Crippen molar-refractivity contribution in [2.24, 2.45) is 0 Å². The van der Waals surface area contributed by atoms with Gasteiger partial charge in [0.15, 0.2) is 0 Å². The Morgan fingerprint density at radius 3 is 2.78 bits per heavy atom. The smallest absolute Gasteiger partial charge is 0.303 e. The first kappa shape index (κ1) is 14.0. The SMILES string of the molecule is CC(CCC(=O)O)NC(=O)c1cc(F)ccc1N. The Labute approximate surface area is 104 Å². The van der Waals surface area contributed by atoms with Crippen molar-refractivity contribution in [1.29, 1.82) is 0 Å². The maximum absolute atomic E-state index is 13.0. The average molecular weight is 254 g/mol. The molecule has 1 rings (SSSR count). The van der Waals surface area contributed by atoms with Crippen LogP contribution >= 0.6 is 0 Å². The Balaban J connectivity index is 2.64. The van der Waals surface area contributed by atoms with E-state index in [0.29, 0.717) is 6.42 Å². The molecule has 4 N–H and O–H groups in total. The summed E-state index contributed by atoms with van der Waals surface area (Å²) >= 11 is 0. The summed E-state index contributed by atoms with van der Waals surface area (Å²) < 4.78 is 13.0. The number of carbonyl (C=O) groups is 2. The van der Waals surface area contributed by atoms with E-state index in [2.05, 4.69) is 5.32 Å². The molecule has 18 heavy (non-hydrogen) atoms. The summed E-state index contributed by atoms with van der Waals surface area (Å²) in [5.74, 6) is -1.99. The fourth-order valence-electron chi connectivity index (χ4n) is 1.44. The van der Waals surface area contributed by atoms with Crippen molar-refractivity contribution in [2.75, 3.05) is 5.73 Å². The van der Waals surface area contributed by atoms with Crippen molar-refractivity contribution in [3.63, 3.8) is 0 Å². The minimum absolute atomic E-state index is 0.0416. The summed E-state index contributed by atoms with van der Waals surface area (Å²) in [6.07, 6.45) is 0.260. The summed E-state index contributed by atoms with van der Waals surface area (Å²) in [6, 6.07) is 3.21. The van der Waals surface area contributed by atoms with Crippen molar-refractivity contribution in [2.45, 2.75) is 25.8 Å². The van der Waals surface area contributed by atoms with Crippen molar-refractivity contribution in [3.8, 4) is 0 Å². The Morgan fingerprint density at radius 2 is 2.17 bits per heavy atom. The number of anilines is 1. The van der Waals surface area contributed by atoms with E-state index in [9.17, 15) is 14.0 Å². The molecule has 0 aliphatic rings. The second kappa shape index (κ2) is 6.00. The molecule has 98 valence electrons. The number of amides is 1. The summed E-state index contributed by atoms with van der Waals surface area (Å²) in [5.41, 5.74) is 5.80. The maximum atomic E-state index is 13.0. The van der Waals surface area contributed by atoms with Gasteiger partial charge in [0, 0.05) is 18.2 Å². The van der Waals surface area contributed by atoms with Crippen LogP contribution in [0.15, 0.2) is 18.2 Å². The van der Waals surface area contributed by atoms with Gasteiger partial charge in [0.05, 0.1) is 5.56 Å². The van der Waals surface area contributed by atoms with Gasteiger partial charge < -0.3 is 16.2 Å². The van der Waals surface area contributed by atoms with E-state index >= 15 is 0 Å². The number of carboxylic acid groups (broad SMARTS) is 1. The molecule has 0 spiro atoms. The number of nitrogen functional groups attached to an aromatic ring is 1. The maximum Gasteiger partial charge on any atom is 0.303 e. The lowest BCUT2D eigenvalue weighted by Gasteiger charge is -2.13. The predicted molar refractivity (Wildman–Crippen MR) is 64.6 cm³/mol. The normalized spacial score (nSPS) is 11.9. The van der Waals surface area contributed by atoms with Crippen LogP contribution in [0.2, 0.25) is 0 Å². The van der Waals surface area contributed by atoms with Gasteiger partial charge in [-0.2, -0.15) is 0 Å². The van der Waals surface area contributed by atoms with Gasteiger partial charge in [-0.25, -0.2) is 4.39 Å². The zero-order valence-electron chi connectivity index (χ0n) is 9.94. The van der Waals surface area contributed by atoms with E-state index in [1.54, 1.807) is 6.92 Å². The molecule has 0 bridgehead atoms. The Morgan fingerprint density at radius 1 is 1.50 bits per heavy atom. The molecule has 1 aromatic carbocycles. The summed E-state index contributed by atoms with van der Waals surface area (Å²) in [6.45, 7) is 1.68. The first-order chi connectivity index (χ1) is 8.40. The van der Waals surface area contributed by atoms with Crippen LogP contribution in [0.4, 0.5) is 10.1 Å². The van der Waals surface area contributed by atoms with Gasteiger partial charge in [0.2, 0.25) is 0 Å². The summed E-state index contributed by atoms with van der Waals surface area (Å²) in [7, 11) is 0. The lowest BCUT2D eigenvalue weighted by molar-refractivity contribution is -0.137. The predicted octanol–water partition coefficient (Wildman–Crippen LogP) is 1.39.